The molecule has 0 aromatic heterocycles. The molecule has 0 radical (unpaired) electrons. The smallest absolute Gasteiger partial charge is 0.0940 e. The second-order valence-electron chi connectivity index (χ2n) is 7.06. The highest BCUT2D eigenvalue weighted by molar-refractivity contribution is 5.00. The SMILES string of the molecule is OC(C1CC2CC2C1)C1CCOC2(CCOC2)C1. The van der Waals surface area contributed by atoms with E-state index in [4.69, 9.17) is 9.47 Å². The highest BCUT2D eigenvalue weighted by Crippen LogP contribution is 2.56. The van der Waals surface area contributed by atoms with E-state index in [1.807, 2.05) is 0 Å². The first-order valence-corrected chi connectivity index (χ1v) is 7.65. The first-order valence-electron chi connectivity index (χ1n) is 7.65. The van der Waals surface area contributed by atoms with Gasteiger partial charge in [-0.05, 0) is 55.8 Å². The Hall–Kier alpha value is -0.120. The quantitative estimate of drug-likeness (QED) is 0.816. The van der Waals surface area contributed by atoms with Crippen LogP contribution in [0.25, 0.3) is 0 Å². The standard InChI is InChI=1S/C15H24O3/c16-14(13-6-11-5-12(11)7-13)10-1-3-18-15(8-10)2-4-17-9-15/h10-14,16H,1-9H2. The minimum absolute atomic E-state index is 0.0502. The van der Waals surface area contributed by atoms with E-state index in [1.54, 1.807) is 0 Å². The van der Waals surface area contributed by atoms with Crippen molar-refractivity contribution < 1.29 is 14.6 Å². The van der Waals surface area contributed by atoms with Crippen molar-refractivity contribution in [1.82, 2.24) is 0 Å². The van der Waals surface area contributed by atoms with Crippen molar-refractivity contribution in [2.45, 2.75) is 50.2 Å². The van der Waals surface area contributed by atoms with Crippen LogP contribution in [-0.4, -0.2) is 36.6 Å². The van der Waals surface area contributed by atoms with Gasteiger partial charge in [-0.15, -0.1) is 0 Å². The van der Waals surface area contributed by atoms with Gasteiger partial charge in [0.1, 0.15) is 0 Å². The minimum Gasteiger partial charge on any atom is -0.393 e. The molecule has 0 bridgehead atoms. The molecule has 2 aliphatic heterocycles. The number of fused-ring (bicyclic) bond motifs is 1. The topological polar surface area (TPSA) is 38.7 Å². The van der Waals surface area contributed by atoms with Gasteiger partial charge in [-0.3, -0.25) is 0 Å². The predicted octanol–water partition coefficient (Wildman–Crippen LogP) is 1.98. The van der Waals surface area contributed by atoms with Crippen LogP contribution in [0.1, 0.15) is 38.5 Å². The number of aliphatic hydroxyl groups is 1. The highest BCUT2D eigenvalue weighted by Gasteiger charge is 2.50. The Labute approximate surface area is 109 Å². The Morgan fingerprint density at radius 2 is 1.89 bits per heavy atom. The molecule has 3 nitrogen and oxygen atoms in total. The van der Waals surface area contributed by atoms with Crippen LogP contribution in [0.15, 0.2) is 0 Å². The first-order chi connectivity index (χ1) is 8.76. The molecule has 102 valence electrons. The van der Waals surface area contributed by atoms with Gasteiger partial charge in [-0.1, -0.05) is 0 Å². The van der Waals surface area contributed by atoms with Gasteiger partial charge in [0.2, 0.25) is 0 Å². The molecule has 4 aliphatic rings. The van der Waals surface area contributed by atoms with Crippen LogP contribution in [-0.2, 0) is 9.47 Å². The lowest BCUT2D eigenvalue weighted by atomic mass is 9.77. The zero-order valence-corrected chi connectivity index (χ0v) is 11.0. The van der Waals surface area contributed by atoms with Crippen LogP contribution in [0.4, 0.5) is 0 Å². The minimum atomic E-state index is -0.0841. The molecule has 2 saturated heterocycles. The normalized spacial score (nSPS) is 52.5. The average Bonchev–Trinajstić information content (AvgIpc) is 2.80. The van der Waals surface area contributed by atoms with Gasteiger partial charge in [0.05, 0.1) is 18.3 Å². The van der Waals surface area contributed by atoms with Crippen molar-refractivity contribution in [2.75, 3.05) is 19.8 Å². The largest absolute Gasteiger partial charge is 0.393 e. The van der Waals surface area contributed by atoms with Crippen LogP contribution in [0, 0.1) is 23.7 Å². The number of hydrogen-bond donors (Lipinski definition) is 1. The fourth-order valence-electron chi connectivity index (χ4n) is 4.65. The molecule has 5 unspecified atom stereocenters. The lowest BCUT2D eigenvalue weighted by molar-refractivity contribution is -0.123. The fourth-order valence-corrected chi connectivity index (χ4v) is 4.65. The average molecular weight is 252 g/mol. The number of rotatable bonds is 2. The molecule has 4 rings (SSSR count). The van der Waals surface area contributed by atoms with E-state index in [1.165, 1.54) is 19.3 Å². The Kier molecular flexibility index (Phi) is 2.72. The summed E-state index contributed by atoms with van der Waals surface area (Å²) in [6, 6.07) is 0. The maximum Gasteiger partial charge on any atom is 0.0940 e. The Morgan fingerprint density at radius 3 is 2.61 bits per heavy atom. The summed E-state index contributed by atoms with van der Waals surface area (Å²) < 4.78 is 11.5. The molecule has 5 atom stereocenters. The van der Waals surface area contributed by atoms with Gasteiger partial charge in [0, 0.05) is 19.6 Å². The maximum atomic E-state index is 10.7. The monoisotopic (exact) mass is 252 g/mol. The summed E-state index contributed by atoms with van der Waals surface area (Å²) in [7, 11) is 0. The summed E-state index contributed by atoms with van der Waals surface area (Å²) in [4.78, 5) is 0. The second kappa shape index (κ2) is 4.19. The van der Waals surface area contributed by atoms with Gasteiger partial charge in [-0.2, -0.15) is 0 Å². The van der Waals surface area contributed by atoms with Crippen molar-refractivity contribution >= 4 is 0 Å². The van der Waals surface area contributed by atoms with Crippen LogP contribution in [0.2, 0.25) is 0 Å². The molecule has 1 N–H and O–H groups in total. The molecular formula is C15H24O3. The molecule has 18 heavy (non-hydrogen) atoms. The zero-order valence-electron chi connectivity index (χ0n) is 11.0. The molecule has 2 heterocycles. The molecule has 2 aliphatic carbocycles. The molecule has 0 amide bonds. The fraction of sp³-hybridized carbons (Fsp3) is 1.00. The van der Waals surface area contributed by atoms with E-state index in [-0.39, 0.29) is 11.7 Å². The Balaban J connectivity index is 1.40. The van der Waals surface area contributed by atoms with Crippen molar-refractivity contribution in [3.8, 4) is 0 Å². The van der Waals surface area contributed by atoms with E-state index in [0.29, 0.717) is 11.8 Å². The van der Waals surface area contributed by atoms with Crippen molar-refractivity contribution in [2.24, 2.45) is 23.7 Å². The Bertz CT molecular complexity index is 314. The Morgan fingerprint density at radius 1 is 1.06 bits per heavy atom. The predicted molar refractivity (Wildman–Crippen MR) is 67.2 cm³/mol. The molecule has 0 aromatic rings. The third kappa shape index (κ3) is 1.91. The molecule has 1 spiro atoms. The van der Waals surface area contributed by atoms with Crippen LogP contribution < -0.4 is 0 Å². The summed E-state index contributed by atoms with van der Waals surface area (Å²) in [5, 5.41) is 10.7. The molecular weight excluding hydrogens is 228 g/mol. The lowest BCUT2D eigenvalue weighted by Crippen LogP contribution is -2.45. The lowest BCUT2D eigenvalue weighted by Gasteiger charge is -2.40. The molecule has 2 saturated carbocycles. The zero-order chi connectivity index (χ0) is 12.2. The number of ether oxygens (including phenoxy) is 2. The second-order valence-corrected chi connectivity index (χ2v) is 7.06. The molecule has 3 heteroatoms. The van der Waals surface area contributed by atoms with E-state index in [9.17, 15) is 5.11 Å². The summed E-state index contributed by atoms with van der Waals surface area (Å²) in [5.74, 6) is 2.96. The van der Waals surface area contributed by atoms with Crippen molar-refractivity contribution in [3.05, 3.63) is 0 Å². The number of hydrogen-bond acceptors (Lipinski definition) is 3. The van der Waals surface area contributed by atoms with Gasteiger partial charge in [0.25, 0.3) is 0 Å². The van der Waals surface area contributed by atoms with E-state index in [2.05, 4.69) is 0 Å². The van der Waals surface area contributed by atoms with E-state index < -0.39 is 0 Å². The summed E-state index contributed by atoms with van der Waals surface area (Å²) in [6.07, 6.45) is 6.99. The van der Waals surface area contributed by atoms with Gasteiger partial charge >= 0.3 is 0 Å². The van der Waals surface area contributed by atoms with E-state index >= 15 is 0 Å². The molecule has 4 fully saturated rings. The van der Waals surface area contributed by atoms with Gasteiger partial charge in [-0.25, -0.2) is 0 Å². The van der Waals surface area contributed by atoms with Crippen LogP contribution >= 0.6 is 0 Å². The first kappa shape index (κ1) is 11.7. The van der Waals surface area contributed by atoms with E-state index in [0.717, 1.165) is 50.9 Å². The van der Waals surface area contributed by atoms with Gasteiger partial charge in [0.15, 0.2) is 0 Å². The van der Waals surface area contributed by atoms with Crippen molar-refractivity contribution in [1.29, 1.82) is 0 Å². The third-order valence-electron chi connectivity index (χ3n) is 5.84. The number of aliphatic hydroxyl groups excluding tert-OH is 1. The highest BCUT2D eigenvalue weighted by atomic mass is 16.6. The summed E-state index contributed by atoms with van der Waals surface area (Å²) in [6.45, 7) is 2.38. The third-order valence-corrected chi connectivity index (χ3v) is 5.84. The van der Waals surface area contributed by atoms with Gasteiger partial charge < -0.3 is 14.6 Å². The van der Waals surface area contributed by atoms with Crippen LogP contribution in [0.5, 0.6) is 0 Å². The van der Waals surface area contributed by atoms with Crippen molar-refractivity contribution in [3.63, 3.8) is 0 Å². The molecule has 0 aromatic carbocycles. The summed E-state index contributed by atoms with van der Waals surface area (Å²) in [5.41, 5.74) is -0.0502. The summed E-state index contributed by atoms with van der Waals surface area (Å²) >= 11 is 0. The maximum absolute atomic E-state index is 10.7. The van der Waals surface area contributed by atoms with Crippen LogP contribution in [0.3, 0.4) is 0 Å².